The van der Waals surface area contributed by atoms with E-state index in [1.54, 1.807) is 11.1 Å². The molecular weight excluding hydrogens is 388 g/mol. The van der Waals surface area contributed by atoms with Crippen LogP contribution in [0.25, 0.3) is 0 Å². The number of amides is 2. The van der Waals surface area contributed by atoms with Gasteiger partial charge in [0, 0.05) is 18.6 Å². The summed E-state index contributed by atoms with van der Waals surface area (Å²) in [7, 11) is 1.52. The summed E-state index contributed by atoms with van der Waals surface area (Å²) in [5.74, 6) is 0.721. The van der Waals surface area contributed by atoms with Gasteiger partial charge in [0.15, 0.2) is 0 Å². The molecule has 0 spiro atoms. The molecule has 0 aromatic carbocycles. The fourth-order valence-electron chi connectivity index (χ4n) is 4.38. The highest BCUT2D eigenvalue weighted by Gasteiger charge is 2.38. The largest absolute Gasteiger partial charge is 0.480 e. The Kier molecular flexibility index (Phi) is 6.33. The van der Waals surface area contributed by atoms with E-state index in [0.29, 0.717) is 23.5 Å². The van der Waals surface area contributed by atoms with Crippen LogP contribution in [0.3, 0.4) is 0 Å². The van der Waals surface area contributed by atoms with Crippen LogP contribution < -0.4 is 20.9 Å². The van der Waals surface area contributed by atoms with Gasteiger partial charge in [-0.2, -0.15) is 0 Å². The number of likely N-dealkylation sites (tertiary alicyclic amines) is 1. The average Bonchev–Trinajstić information content (AvgIpc) is 3.36. The normalized spacial score (nSPS) is 30.6. The van der Waals surface area contributed by atoms with Crippen LogP contribution in [0.4, 0.5) is 4.79 Å². The van der Waals surface area contributed by atoms with E-state index in [1.165, 1.54) is 13.3 Å². The molecule has 4 rings (SSSR count). The molecule has 5 atom stereocenters. The van der Waals surface area contributed by atoms with Gasteiger partial charge in [-0.25, -0.2) is 15.2 Å². The predicted molar refractivity (Wildman–Crippen MR) is 107 cm³/mol. The van der Waals surface area contributed by atoms with Crippen molar-refractivity contribution in [3.63, 3.8) is 0 Å². The molecule has 1 aliphatic carbocycles. The predicted octanol–water partition coefficient (Wildman–Crippen LogP) is 0.736. The third-order valence-electron chi connectivity index (χ3n) is 6.32. The smallest absolute Gasteiger partial charge is 0.410 e. The number of nitrogens with zero attached hydrogens (tertiary/aromatic N) is 3. The number of hydrogen-bond donors (Lipinski definition) is 3. The molecule has 3 aliphatic rings. The molecule has 0 bridgehead atoms. The van der Waals surface area contributed by atoms with Crippen LogP contribution in [-0.4, -0.2) is 64.9 Å². The van der Waals surface area contributed by atoms with Gasteiger partial charge >= 0.3 is 6.09 Å². The van der Waals surface area contributed by atoms with Gasteiger partial charge in [-0.05, 0) is 44.9 Å². The van der Waals surface area contributed by atoms with Gasteiger partial charge in [0.1, 0.15) is 6.10 Å². The zero-order chi connectivity index (χ0) is 21.1. The highest BCUT2D eigenvalue weighted by molar-refractivity contribution is 5.78. The van der Waals surface area contributed by atoms with Crippen molar-refractivity contribution in [2.75, 3.05) is 13.7 Å². The number of aromatic nitrogens is 2. The molecule has 3 N–H and O–H groups in total. The van der Waals surface area contributed by atoms with Crippen LogP contribution in [0.5, 0.6) is 5.88 Å². The van der Waals surface area contributed by atoms with Crippen molar-refractivity contribution in [2.24, 2.45) is 5.92 Å². The Morgan fingerprint density at radius 3 is 2.73 bits per heavy atom. The van der Waals surface area contributed by atoms with Crippen molar-refractivity contribution >= 4 is 12.0 Å². The molecule has 10 heteroatoms. The number of carbonyl (C=O) groups is 2. The van der Waals surface area contributed by atoms with E-state index in [9.17, 15) is 9.59 Å². The molecule has 2 aliphatic heterocycles. The Bertz CT molecular complexity index is 760. The number of nitrogens with one attached hydrogen (secondary N) is 3. The zero-order valence-electron chi connectivity index (χ0n) is 17.5. The molecule has 164 valence electrons. The lowest BCUT2D eigenvalue weighted by Crippen LogP contribution is -2.50. The first-order valence-electron chi connectivity index (χ1n) is 10.6. The Morgan fingerprint density at radius 2 is 2.07 bits per heavy atom. The minimum atomic E-state index is -0.177. The lowest BCUT2D eigenvalue weighted by Gasteiger charge is -2.38. The first-order valence-corrected chi connectivity index (χ1v) is 10.6. The quantitative estimate of drug-likeness (QED) is 0.619. The van der Waals surface area contributed by atoms with Crippen LogP contribution in [0.1, 0.15) is 44.7 Å². The SMILES string of the molecule is COc1cnc(CC(=O)NC2CC([C@H]3CC[C@@H](OC(=O)N4CC[C@@H]4C)C3)NN2)cn1. The van der Waals surface area contributed by atoms with Gasteiger partial charge in [-0.3, -0.25) is 15.2 Å². The van der Waals surface area contributed by atoms with Crippen molar-refractivity contribution in [1.82, 2.24) is 31.0 Å². The van der Waals surface area contributed by atoms with Crippen LogP contribution in [0, 0.1) is 5.92 Å². The van der Waals surface area contributed by atoms with Crippen LogP contribution in [-0.2, 0) is 16.0 Å². The second kappa shape index (κ2) is 9.13. The van der Waals surface area contributed by atoms with E-state index >= 15 is 0 Å². The lowest BCUT2D eigenvalue weighted by atomic mass is 9.96. The Morgan fingerprint density at radius 1 is 1.20 bits per heavy atom. The topological polar surface area (TPSA) is 118 Å². The maximum absolute atomic E-state index is 12.3. The van der Waals surface area contributed by atoms with E-state index in [2.05, 4.69) is 26.1 Å². The molecule has 0 radical (unpaired) electrons. The Balaban J connectivity index is 1.19. The first-order chi connectivity index (χ1) is 14.5. The molecule has 2 amide bonds. The van der Waals surface area contributed by atoms with E-state index in [0.717, 1.165) is 38.6 Å². The summed E-state index contributed by atoms with van der Waals surface area (Å²) in [6.07, 6.45) is 7.47. The molecule has 2 saturated heterocycles. The minimum absolute atomic E-state index is 0.0145. The van der Waals surface area contributed by atoms with Crippen molar-refractivity contribution in [1.29, 1.82) is 0 Å². The molecule has 1 aromatic rings. The van der Waals surface area contributed by atoms with E-state index in [4.69, 9.17) is 9.47 Å². The van der Waals surface area contributed by atoms with E-state index in [1.807, 2.05) is 6.92 Å². The number of rotatable bonds is 6. The fourth-order valence-corrected chi connectivity index (χ4v) is 4.38. The third kappa shape index (κ3) is 4.81. The van der Waals surface area contributed by atoms with Crippen molar-refractivity contribution in [3.05, 3.63) is 18.1 Å². The molecule has 2 unspecified atom stereocenters. The van der Waals surface area contributed by atoms with Gasteiger partial charge in [0.25, 0.3) is 0 Å². The van der Waals surface area contributed by atoms with Crippen molar-refractivity contribution < 1.29 is 19.1 Å². The van der Waals surface area contributed by atoms with Crippen LogP contribution >= 0.6 is 0 Å². The summed E-state index contributed by atoms with van der Waals surface area (Å²) in [4.78, 5) is 34.5. The number of ether oxygens (including phenoxy) is 2. The first kappa shape index (κ1) is 20.8. The molecule has 10 nitrogen and oxygen atoms in total. The van der Waals surface area contributed by atoms with E-state index < -0.39 is 0 Å². The number of hydrogen-bond acceptors (Lipinski definition) is 8. The lowest BCUT2D eigenvalue weighted by molar-refractivity contribution is -0.121. The number of carbonyl (C=O) groups excluding carboxylic acids is 2. The molecule has 30 heavy (non-hydrogen) atoms. The summed E-state index contributed by atoms with van der Waals surface area (Å²) in [5, 5.41) is 2.98. The zero-order valence-corrected chi connectivity index (χ0v) is 17.5. The van der Waals surface area contributed by atoms with Crippen molar-refractivity contribution in [2.45, 2.75) is 69.8 Å². The standard InChI is InChI=1S/C20H30N6O4/c1-12-5-6-26(12)20(28)30-15-4-3-13(7-15)16-9-17(25-24-16)23-18(27)8-14-10-22-19(29-2)11-21-14/h10-13,15-17,24-25H,3-9H2,1-2H3,(H,23,27)/t12-,13-,15+,16?,17?/m0/s1. The van der Waals surface area contributed by atoms with Crippen LogP contribution in [0.2, 0.25) is 0 Å². The minimum Gasteiger partial charge on any atom is -0.480 e. The maximum Gasteiger partial charge on any atom is 0.410 e. The van der Waals surface area contributed by atoms with Gasteiger partial charge < -0.3 is 19.7 Å². The molecule has 1 saturated carbocycles. The van der Waals surface area contributed by atoms with Gasteiger partial charge in [0.05, 0.1) is 37.8 Å². The monoisotopic (exact) mass is 418 g/mol. The number of hydrazine groups is 1. The van der Waals surface area contributed by atoms with Gasteiger partial charge in [0.2, 0.25) is 11.8 Å². The molecule has 3 fully saturated rings. The second-order valence-electron chi connectivity index (χ2n) is 8.39. The Labute approximate surface area is 176 Å². The van der Waals surface area contributed by atoms with Gasteiger partial charge in [-0.1, -0.05) is 0 Å². The second-order valence-corrected chi connectivity index (χ2v) is 8.39. The summed E-state index contributed by atoms with van der Waals surface area (Å²) >= 11 is 0. The molecular formula is C20H30N6O4. The van der Waals surface area contributed by atoms with Crippen LogP contribution in [0.15, 0.2) is 12.4 Å². The average molecular weight is 418 g/mol. The molecule has 3 heterocycles. The summed E-state index contributed by atoms with van der Waals surface area (Å²) in [6.45, 7) is 2.85. The summed E-state index contributed by atoms with van der Waals surface area (Å²) < 4.78 is 10.7. The van der Waals surface area contributed by atoms with E-state index in [-0.39, 0.29) is 36.7 Å². The maximum atomic E-state index is 12.3. The van der Waals surface area contributed by atoms with Gasteiger partial charge in [-0.15, -0.1) is 0 Å². The van der Waals surface area contributed by atoms with Crippen molar-refractivity contribution in [3.8, 4) is 5.88 Å². The third-order valence-corrected chi connectivity index (χ3v) is 6.32. The summed E-state index contributed by atoms with van der Waals surface area (Å²) in [5.41, 5.74) is 7.05. The highest BCUT2D eigenvalue weighted by Crippen LogP contribution is 2.33. The Hall–Kier alpha value is -2.46. The highest BCUT2D eigenvalue weighted by atomic mass is 16.6. The summed E-state index contributed by atoms with van der Waals surface area (Å²) in [6, 6.07) is 0.534. The fraction of sp³-hybridized carbons (Fsp3) is 0.700. The number of methoxy groups -OCH3 is 1. The molecule has 1 aromatic heterocycles.